The summed E-state index contributed by atoms with van der Waals surface area (Å²) in [6, 6.07) is 3.09. The zero-order chi connectivity index (χ0) is 18.7. The first kappa shape index (κ1) is 19.6. The minimum Gasteiger partial charge on any atom is -0.367 e. The first-order valence-electron chi connectivity index (χ1n) is 9.44. The molecule has 0 spiro atoms. The number of pyridine rings is 1. The highest BCUT2D eigenvalue weighted by Gasteiger charge is 2.21. The first-order valence-corrected chi connectivity index (χ1v) is 13.5. The second-order valence-corrected chi connectivity index (χ2v) is 14.1. The van der Waals surface area contributed by atoms with E-state index in [1.165, 1.54) is 0 Å². The number of rotatable bonds is 7. The number of hydrogen-bond acceptors (Lipinski definition) is 5. The van der Waals surface area contributed by atoms with Gasteiger partial charge in [0.25, 0.3) is 0 Å². The third-order valence-corrected chi connectivity index (χ3v) is 6.81. The van der Waals surface area contributed by atoms with E-state index < -0.39 is 8.07 Å². The minimum atomic E-state index is -1.08. The smallest absolute Gasteiger partial charge is 0.165 e. The number of halogens is 1. The van der Waals surface area contributed by atoms with E-state index in [9.17, 15) is 0 Å². The highest BCUT2D eigenvalue weighted by Crippen LogP contribution is 2.28. The normalized spacial score (nSPS) is 16.6. The number of fused-ring (bicyclic) bond motifs is 1. The Kier molecular flexibility index (Phi) is 6.22. The molecule has 1 saturated heterocycles. The van der Waals surface area contributed by atoms with Gasteiger partial charge in [-0.2, -0.15) is 0 Å². The molecule has 0 aliphatic carbocycles. The Morgan fingerprint density at radius 3 is 2.58 bits per heavy atom. The molecule has 0 aromatic carbocycles. The highest BCUT2D eigenvalue weighted by molar-refractivity contribution is 6.76. The van der Waals surface area contributed by atoms with E-state index in [-0.39, 0.29) is 0 Å². The maximum atomic E-state index is 6.32. The van der Waals surface area contributed by atoms with Crippen LogP contribution in [0.15, 0.2) is 12.4 Å². The van der Waals surface area contributed by atoms with Gasteiger partial charge < -0.3 is 14.5 Å². The van der Waals surface area contributed by atoms with Gasteiger partial charge >= 0.3 is 0 Å². The summed E-state index contributed by atoms with van der Waals surface area (Å²) in [5.41, 5.74) is 2.79. The third kappa shape index (κ3) is 4.76. The van der Waals surface area contributed by atoms with E-state index >= 15 is 0 Å². The SMILES string of the molecule is CCN1CCN(c2cc(Cl)nc3c2ncn3COCC[Si](C)(C)C)CC1. The molecule has 144 valence electrons. The number of imidazole rings is 1. The Morgan fingerprint density at radius 1 is 1.19 bits per heavy atom. The fourth-order valence-electron chi connectivity index (χ4n) is 3.17. The van der Waals surface area contributed by atoms with Gasteiger partial charge in [-0.05, 0) is 12.6 Å². The van der Waals surface area contributed by atoms with Crippen molar-refractivity contribution in [1.82, 2.24) is 19.4 Å². The van der Waals surface area contributed by atoms with Gasteiger partial charge in [0.1, 0.15) is 17.4 Å². The molecule has 3 heterocycles. The maximum absolute atomic E-state index is 6.32. The number of nitrogens with zero attached hydrogens (tertiary/aromatic N) is 5. The predicted octanol–water partition coefficient (Wildman–Crippen LogP) is 3.54. The zero-order valence-electron chi connectivity index (χ0n) is 16.3. The van der Waals surface area contributed by atoms with Gasteiger partial charge in [0.15, 0.2) is 5.65 Å². The topological polar surface area (TPSA) is 46.4 Å². The Bertz CT molecular complexity index is 737. The van der Waals surface area contributed by atoms with Gasteiger partial charge in [-0.1, -0.05) is 38.2 Å². The molecule has 0 bridgehead atoms. The van der Waals surface area contributed by atoms with Crippen LogP contribution in [0, 0.1) is 0 Å². The number of ether oxygens (including phenoxy) is 1. The van der Waals surface area contributed by atoms with E-state index in [0.29, 0.717) is 11.9 Å². The summed E-state index contributed by atoms with van der Waals surface area (Å²) in [6.07, 6.45) is 1.81. The van der Waals surface area contributed by atoms with Crippen LogP contribution in [0.3, 0.4) is 0 Å². The number of hydrogen-bond donors (Lipinski definition) is 0. The van der Waals surface area contributed by atoms with Crippen LogP contribution in [0.4, 0.5) is 5.69 Å². The summed E-state index contributed by atoms with van der Waals surface area (Å²) in [5, 5.41) is 0.509. The molecule has 2 aromatic rings. The largest absolute Gasteiger partial charge is 0.367 e. The first-order chi connectivity index (χ1) is 12.4. The molecule has 1 fully saturated rings. The van der Waals surface area contributed by atoms with Gasteiger partial charge in [-0.25, -0.2) is 9.97 Å². The summed E-state index contributed by atoms with van der Waals surface area (Å²) >= 11 is 6.32. The average Bonchev–Trinajstić information content (AvgIpc) is 3.00. The molecular formula is C18H30ClN5OSi. The molecule has 8 heteroatoms. The van der Waals surface area contributed by atoms with Crippen molar-refractivity contribution < 1.29 is 4.74 Å². The fourth-order valence-corrected chi connectivity index (χ4v) is 4.11. The minimum absolute atomic E-state index is 0.470. The predicted molar refractivity (Wildman–Crippen MR) is 111 cm³/mol. The lowest BCUT2D eigenvalue weighted by atomic mass is 10.2. The van der Waals surface area contributed by atoms with Crippen LogP contribution >= 0.6 is 11.6 Å². The fraction of sp³-hybridized carbons (Fsp3) is 0.667. The summed E-state index contributed by atoms with van der Waals surface area (Å²) in [5.74, 6) is 0. The second-order valence-electron chi connectivity index (χ2n) is 8.12. The monoisotopic (exact) mass is 395 g/mol. The molecule has 0 saturated carbocycles. The molecule has 26 heavy (non-hydrogen) atoms. The number of likely N-dealkylation sites (N-methyl/N-ethyl adjacent to an activating group) is 1. The number of aromatic nitrogens is 3. The molecular weight excluding hydrogens is 366 g/mol. The van der Waals surface area contributed by atoms with Crippen LogP contribution in [0.1, 0.15) is 6.92 Å². The summed E-state index contributed by atoms with van der Waals surface area (Å²) < 4.78 is 7.83. The van der Waals surface area contributed by atoms with Crippen LogP contribution in [-0.2, 0) is 11.5 Å². The standard InChI is InChI=1S/C18H30ClN5OSi/c1-5-22-6-8-23(9-7-22)15-12-16(19)21-18-17(15)20-13-24(18)14-25-10-11-26(2,3)4/h12-13H,5-11,14H2,1-4H3. The third-order valence-electron chi connectivity index (χ3n) is 4.91. The Hall–Kier alpha value is -1.15. The number of anilines is 1. The van der Waals surface area contributed by atoms with E-state index in [4.69, 9.17) is 16.3 Å². The van der Waals surface area contributed by atoms with Crippen molar-refractivity contribution in [1.29, 1.82) is 0 Å². The summed E-state index contributed by atoms with van der Waals surface area (Å²) in [7, 11) is -1.08. The maximum Gasteiger partial charge on any atom is 0.165 e. The summed E-state index contributed by atoms with van der Waals surface area (Å²) in [4.78, 5) is 14.0. The van der Waals surface area contributed by atoms with Gasteiger partial charge in [0.05, 0.1) is 12.0 Å². The van der Waals surface area contributed by atoms with E-state index in [0.717, 1.165) is 62.2 Å². The molecule has 1 aliphatic heterocycles. The van der Waals surface area contributed by atoms with E-state index in [2.05, 4.69) is 46.3 Å². The molecule has 0 amide bonds. The van der Waals surface area contributed by atoms with Crippen LogP contribution in [0.25, 0.3) is 11.2 Å². The van der Waals surface area contributed by atoms with E-state index in [1.54, 1.807) is 0 Å². The lowest BCUT2D eigenvalue weighted by molar-refractivity contribution is 0.0895. The lowest BCUT2D eigenvalue weighted by Crippen LogP contribution is -2.46. The lowest BCUT2D eigenvalue weighted by Gasteiger charge is -2.35. The molecule has 0 unspecified atom stereocenters. The average molecular weight is 396 g/mol. The zero-order valence-corrected chi connectivity index (χ0v) is 18.1. The van der Waals surface area contributed by atoms with Crippen molar-refractivity contribution in [3.63, 3.8) is 0 Å². The van der Waals surface area contributed by atoms with Crippen molar-refractivity contribution in [2.45, 2.75) is 39.3 Å². The van der Waals surface area contributed by atoms with Crippen molar-refractivity contribution in [3.8, 4) is 0 Å². The Morgan fingerprint density at radius 2 is 1.92 bits per heavy atom. The van der Waals surface area contributed by atoms with Gasteiger partial charge in [-0.15, -0.1) is 0 Å². The Balaban J connectivity index is 1.74. The highest BCUT2D eigenvalue weighted by atomic mass is 35.5. The molecule has 0 N–H and O–H groups in total. The van der Waals surface area contributed by atoms with Crippen molar-refractivity contribution in [2.24, 2.45) is 0 Å². The molecule has 3 rings (SSSR count). The molecule has 2 aromatic heterocycles. The van der Waals surface area contributed by atoms with Crippen molar-refractivity contribution >= 4 is 36.5 Å². The van der Waals surface area contributed by atoms with Gasteiger partial charge in [0.2, 0.25) is 0 Å². The summed E-state index contributed by atoms with van der Waals surface area (Å²) in [6.45, 7) is 15.7. The van der Waals surface area contributed by atoms with Gasteiger partial charge in [-0.3, -0.25) is 4.57 Å². The van der Waals surface area contributed by atoms with Gasteiger partial charge in [0, 0.05) is 46.9 Å². The van der Waals surface area contributed by atoms with Crippen molar-refractivity contribution in [2.75, 3.05) is 44.2 Å². The molecule has 6 nitrogen and oxygen atoms in total. The van der Waals surface area contributed by atoms with E-state index in [1.807, 2.05) is 17.0 Å². The van der Waals surface area contributed by atoms with Crippen LogP contribution in [0.2, 0.25) is 30.8 Å². The van der Waals surface area contributed by atoms with Crippen LogP contribution < -0.4 is 4.90 Å². The van der Waals surface area contributed by atoms with Crippen LogP contribution in [0.5, 0.6) is 0 Å². The molecule has 0 atom stereocenters. The van der Waals surface area contributed by atoms with Crippen LogP contribution in [-0.4, -0.2) is 66.8 Å². The molecule has 0 radical (unpaired) electrons. The Labute approximate surface area is 162 Å². The quantitative estimate of drug-likeness (QED) is 0.407. The number of piperazine rings is 1. The molecule has 1 aliphatic rings. The second kappa shape index (κ2) is 8.25. The van der Waals surface area contributed by atoms with Crippen molar-refractivity contribution in [3.05, 3.63) is 17.5 Å².